The molecule has 0 unspecified atom stereocenters. The van der Waals surface area contributed by atoms with Gasteiger partial charge in [0.2, 0.25) is 0 Å². The van der Waals surface area contributed by atoms with Gasteiger partial charge in [0.15, 0.2) is 0 Å². The van der Waals surface area contributed by atoms with Crippen LogP contribution in [0.5, 0.6) is 5.75 Å². The van der Waals surface area contributed by atoms with Crippen molar-refractivity contribution in [3.05, 3.63) is 29.8 Å². The molecule has 19 heavy (non-hydrogen) atoms. The van der Waals surface area contributed by atoms with Gasteiger partial charge in [-0.2, -0.15) is 8.78 Å². The fourth-order valence-corrected chi connectivity index (χ4v) is 1.17. The molecule has 0 heterocycles. The number of hydrogen-bond donors (Lipinski definition) is 1. The molecule has 1 aromatic rings. The highest BCUT2D eigenvalue weighted by Gasteiger charge is 2.51. The average molecular weight is 280 g/mol. The second-order valence-corrected chi connectivity index (χ2v) is 4.03. The molecule has 1 N–H and O–H groups in total. The van der Waals surface area contributed by atoms with Gasteiger partial charge in [0.25, 0.3) is 0 Å². The summed E-state index contributed by atoms with van der Waals surface area (Å²) < 4.78 is 55.1. The smallest absolute Gasteiger partial charge is 0.338 e. The molecule has 0 atom stereocenters. The van der Waals surface area contributed by atoms with Crippen molar-refractivity contribution in [3.63, 3.8) is 0 Å². The van der Waals surface area contributed by atoms with Crippen molar-refractivity contribution >= 4 is 5.97 Å². The number of carbonyl (C=O) groups excluding carboxylic acids is 1. The normalized spacial score (nSPS) is 12.3. The lowest BCUT2D eigenvalue weighted by atomic mass is 10.1. The van der Waals surface area contributed by atoms with E-state index in [4.69, 9.17) is 5.11 Å². The third kappa shape index (κ3) is 4.11. The molecule has 0 fully saturated rings. The summed E-state index contributed by atoms with van der Waals surface area (Å²) in [5.74, 6) is -9.40. The Kier molecular flexibility index (Phi) is 4.39. The second-order valence-electron chi connectivity index (χ2n) is 4.03. The van der Waals surface area contributed by atoms with Gasteiger partial charge in [0.05, 0.1) is 18.6 Å². The highest BCUT2D eigenvalue weighted by Crippen LogP contribution is 2.36. The topological polar surface area (TPSA) is 46.5 Å². The van der Waals surface area contributed by atoms with E-state index in [0.717, 1.165) is 0 Å². The molecule has 0 radical (unpaired) electrons. The zero-order chi connectivity index (χ0) is 14.7. The Balaban J connectivity index is 2.50. The molecule has 0 aliphatic carbocycles. The number of esters is 1. The molecular formula is C12H12F4O3. The SMILES string of the molecule is CC(F)(F)C(F)(F)CCOC(=O)c1ccc(O)cc1. The zero-order valence-corrected chi connectivity index (χ0v) is 10.00. The van der Waals surface area contributed by atoms with Crippen LogP contribution in [0.15, 0.2) is 24.3 Å². The van der Waals surface area contributed by atoms with E-state index in [1.807, 2.05) is 0 Å². The number of halogens is 4. The van der Waals surface area contributed by atoms with Crippen LogP contribution in [-0.4, -0.2) is 29.5 Å². The van der Waals surface area contributed by atoms with Crippen LogP contribution in [0.1, 0.15) is 23.7 Å². The molecule has 0 aliphatic rings. The van der Waals surface area contributed by atoms with Crippen LogP contribution in [0.25, 0.3) is 0 Å². The van der Waals surface area contributed by atoms with Crippen LogP contribution in [-0.2, 0) is 4.74 Å². The van der Waals surface area contributed by atoms with Gasteiger partial charge in [-0.1, -0.05) is 0 Å². The van der Waals surface area contributed by atoms with Gasteiger partial charge in [0.1, 0.15) is 5.75 Å². The van der Waals surface area contributed by atoms with Crippen LogP contribution < -0.4 is 0 Å². The van der Waals surface area contributed by atoms with E-state index in [-0.39, 0.29) is 18.2 Å². The Bertz CT molecular complexity index is 437. The highest BCUT2D eigenvalue weighted by molar-refractivity contribution is 5.89. The summed E-state index contributed by atoms with van der Waals surface area (Å²) >= 11 is 0. The Morgan fingerprint density at radius 3 is 2.21 bits per heavy atom. The molecule has 1 rings (SSSR count). The largest absolute Gasteiger partial charge is 0.508 e. The molecule has 7 heteroatoms. The first-order valence-corrected chi connectivity index (χ1v) is 5.35. The van der Waals surface area contributed by atoms with E-state index < -0.39 is 30.8 Å². The zero-order valence-electron chi connectivity index (χ0n) is 10.00. The van der Waals surface area contributed by atoms with Gasteiger partial charge >= 0.3 is 17.8 Å². The molecule has 0 saturated carbocycles. The number of benzene rings is 1. The van der Waals surface area contributed by atoms with Crippen molar-refractivity contribution in [3.8, 4) is 5.75 Å². The number of aromatic hydroxyl groups is 1. The molecule has 0 bridgehead atoms. The number of phenolic OH excluding ortho intramolecular Hbond substituents is 1. The molecule has 0 aliphatic heterocycles. The summed E-state index contributed by atoms with van der Waals surface area (Å²) in [6.07, 6.45) is -1.26. The summed E-state index contributed by atoms with van der Waals surface area (Å²) in [5, 5.41) is 8.98. The van der Waals surface area contributed by atoms with Crippen LogP contribution >= 0.6 is 0 Å². The van der Waals surface area contributed by atoms with E-state index in [1.165, 1.54) is 24.3 Å². The van der Waals surface area contributed by atoms with Crippen molar-refractivity contribution in [2.24, 2.45) is 0 Å². The van der Waals surface area contributed by atoms with Gasteiger partial charge in [-0.25, -0.2) is 13.6 Å². The van der Waals surface area contributed by atoms with Gasteiger partial charge in [-0.3, -0.25) is 0 Å². The monoisotopic (exact) mass is 280 g/mol. The van der Waals surface area contributed by atoms with E-state index in [9.17, 15) is 22.4 Å². The molecule has 0 aromatic heterocycles. The number of alkyl halides is 4. The van der Waals surface area contributed by atoms with E-state index in [0.29, 0.717) is 0 Å². The van der Waals surface area contributed by atoms with Gasteiger partial charge in [-0.05, 0) is 24.3 Å². The Morgan fingerprint density at radius 2 is 1.74 bits per heavy atom. The third-order valence-electron chi connectivity index (χ3n) is 2.39. The van der Waals surface area contributed by atoms with E-state index in [1.54, 1.807) is 0 Å². The van der Waals surface area contributed by atoms with Crippen LogP contribution in [0.2, 0.25) is 0 Å². The molecule has 0 amide bonds. The lowest BCUT2D eigenvalue weighted by Gasteiger charge is -2.22. The average Bonchev–Trinajstić information content (AvgIpc) is 2.28. The predicted molar refractivity (Wildman–Crippen MR) is 58.6 cm³/mol. The minimum Gasteiger partial charge on any atom is -0.508 e. The van der Waals surface area contributed by atoms with Crippen LogP contribution in [0, 0.1) is 0 Å². The van der Waals surface area contributed by atoms with Crippen molar-refractivity contribution in [1.29, 1.82) is 0 Å². The number of phenols is 1. The summed E-state index contributed by atoms with van der Waals surface area (Å²) in [4.78, 5) is 11.4. The van der Waals surface area contributed by atoms with Gasteiger partial charge < -0.3 is 9.84 Å². The molecule has 1 aromatic carbocycles. The minimum absolute atomic E-state index is 0.0318. The maximum atomic E-state index is 12.9. The first kappa shape index (κ1) is 15.3. The summed E-state index contributed by atoms with van der Waals surface area (Å²) in [5.41, 5.74) is 0.0318. The second kappa shape index (κ2) is 5.46. The minimum atomic E-state index is -4.23. The third-order valence-corrected chi connectivity index (χ3v) is 2.39. The van der Waals surface area contributed by atoms with Gasteiger partial charge in [-0.15, -0.1) is 0 Å². The molecular weight excluding hydrogens is 268 g/mol. The van der Waals surface area contributed by atoms with E-state index in [2.05, 4.69) is 4.74 Å². The fraction of sp³-hybridized carbons (Fsp3) is 0.417. The summed E-state index contributed by atoms with van der Waals surface area (Å²) in [6, 6.07) is 4.88. The van der Waals surface area contributed by atoms with Crippen molar-refractivity contribution in [1.82, 2.24) is 0 Å². The maximum Gasteiger partial charge on any atom is 0.338 e. The number of hydrogen-bond acceptors (Lipinski definition) is 3. The van der Waals surface area contributed by atoms with Gasteiger partial charge in [0, 0.05) is 6.92 Å². The van der Waals surface area contributed by atoms with Crippen molar-refractivity contribution in [2.75, 3.05) is 6.61 Å². The molecule has 0 spiro atoms. The molecule has 3 nitrogen and oxygen atoms in total. The number of rotatable bonds is 5. The fourth-order valence-electron chi connectivity index (χ4n) is 1.17. The van der Waals surface area contributed by atoms with Crippen LogP contribution in [0.4, 0.5) is 17.6 Å². The lowest BCUT2D eigenvalue weighted by molar-refractivity contribution is -0.204. The van der Waals surface area contributed by atoms with Crippen LogP contribution in [0.3, 0.4) is 0 Å². The Labute approximate surface area is 106 Å². The quantitative estimate of drug-likeness (QED) is 0.665. The van der Waals surface area contributed by atoms with E-state index >= 15 is 0 Å². The Morgan fingerprint density at radius 1 is 1.21 bits per heavy atom. The summed E-state index contributed by atoms with van der Waals surface area (Å²) in [7, 11) is 0. The van der Waals surface area contributed by atoms with Crippen molar-refractivity contribution < 1.29 is 32.2 Å². The van der Waals surface area contributed by atoms with Crippen molar-refractivity contribution in [2.45, 2.75) is 25.2 Å². The number of carbonyl (C=O) groups is 1. The summed E-state index contributed by atoms with van der Waals surface area (Å²) in [6.45, 7) is -0.717. The predicted octanol–water partition coefficient (Wildman–Crippen LogP) is 3.23. The first-order valence-electron chi connectivity index (χ1n) is 5.35. The maximum absolute atomic E-state index is 12.9. The number of ether oxygens (including phenoxy) is 1. The molecule has 106 valence electrons. The lowest BCUT2D eigenvalue weighted by Crippen LogP contribution is -2.38. The highest BCUT2D eigenvalue weighted by atomic mass is 19.3. The Hall–Kier alpha value is -1.79. The molecule has 0 saturated heterocycles. The standard InChI is InChI=1S/C12H12F4O3/c1-11(13,14)12(15,16)6-7-19-10(18)8-2-4-9(17)5-3-8/h2-5,17H,6-7H2,1H3. The first-order chi connectivity index (χ1) is 8.63.